The lowest BCUT2D eigenvalue weighted by Crippen LogP contribution is -2.50. The van der Waals surface area contributed by atoms with Crippen LogP contribution in [0.25, 0.3) is 0 Å². The Hall–Kier alpha value is -2.58. The van der Waals surface area contributed by atoms with E-state index in [0.717, 1.165) is 52.4 Å². The van der Waals surface area contributed by atoms with Gasteiger partial charge in [-0.05, 0) is 48.7 Å². The van der Waals surface area contributed by atoms with Crippen LogP contribution >= 0.6 is 24.4 Å². The van der Waals surface area contributed by atoms with Crippen LogP contribution in [0.15, 0.2) is 60.7 Å². The average molecular weight is 443 g/mol. The average Bonchev–Trinajstić information content (AvgIpc) is 2.81. The van der Waals surface area contributed by atoms with Crippen molar-refractivity contribution in [3.8, 4) is 0 Å². The second kappa shape index (κ2) is 11.0. The molecule has 6 nitrogen and oxygen atoms in total. The minimum atomic E-state index is 0.516. The van der Waals surface area contributed by atoms with Gasteiger partial charge in [-0.2, -0.15) is 0 Å². The van der Waals surface area contributed by atoms with Crippen LogP contribution < -0.4 is 21.3 Å². The molecule has 0 amide bonds. The van der Waals surface area contributed by atoms with Crippen LogP contribution in [0.1, 0.15) is 0 Å². The van der Waals surface area contributed by atoms with Gasteiger partial charge in [0.2, 0.25) is 0 Å². The van der Waals surface area contributed by atoms with Crippen LogP contribution in [0, 0.1) is 0 Å². The fraction of sp³-hybridized carbons (Fsp3) is 0.364. The van der Waals surface area contributed by atoms with Crippen molar-refractivity contribution in [2.75, 3.05) is 62.2 Å². The molecule has 8 heteroatoms. The maximum atomic E-state index is 5.59. The Kier molecular flexibility index (Phi) is 8.10. The zero-order chi connectivity index (χ0) is 21.3. The molecular formula is C22H30N6S2. The monoisotopic (exact) mass is 442 g/mol. The minimum absolute atomic E-state index is 0.516. The predicted molar refractivity (Wildman–Crippen MR) is 134 cm³/mol. The molecule has 0 spiro atoms. The molecule has 0 unspecified atom stereocenters. The molecule has 0 aromatic heterocycles. The number of rotatable bonds is 2. The van der Waals surface area contributed by atoms with E-state index in [9.17, 15) is 0 Å². The van der Waals surface area contributed by atoms with Gasteiger partial charge in [0, 0.05) is 63.7 Å². The Morgan fingerprint density at radius 1 is 0.533 bits per heavy atom. The molecule has 2 aromatic rings. The Bertz CT molecular complexity index is 731. The third-order valence-electron chi connectivity index (χ3n) is 5.43. The predicted octanol–water partition coefficient (Wildman–Crippen LogP) is 2.10. The molecule has 30 heavy (non-hydrogen) atoms. The van der Waals surface area contributed by atoms with E-state index in [2.05, 4.69) is 68.1 Å². The summed E-state index contributed by atoms with van der Waals surface area (Å²) in [5.41, 5.74) is 13.7. The highest BCUT2D eigenvalue weighted by molar-refractivity contribution is 7.80. The van der Waals surface area contributed by atoms with E-state index in [0.29, 0.717) is 10.2 Å². The number of piperazine rings is 2. The Labute approximate surface area is 190 Å². The highest BCUT2D eigenvalue weighted by Gasteiger charge is 2.18. The van der Waals surface area contributed by atoms with Crippen LogP contribution in [0.5, 0.6) is 0 Å². The molecule has 0 bridgehead atoms. The van der Waals surface area contributed by atoms with Gasteiger partial charge in [0.15, 0.2) is 10.2 Å². The van der Waals surface area contributed by atoms with Crippen LogP contribution in [0.2, 0.25) is 0 Å². The number of hydrogen-bond donors (Lipinski definition) is 2. The van der Waals surface area contributed by atoms with E-state index >= 15 is 0 Å². The second-order valence-corrected chi connectivity index (χ2v) is 8.13. The van der Waals surface area contributed by atoms with Crippen molar-refractivity contribution < 1.29 is 0 Å². The number of nitrogens with zero attached hydrogens (tertiary/aromatic N) is 4. The van der Waals surface area contributed by atoms with Gasteiger partial charge in [-0.3, -0.25) is 0 Å². The summed E-state index contributed by atoms with van der Waals surface area (Å²) >= 11 is 9.91. The van der Waals surface area contributed by atoms with Gasteiger partial charge in [0.05, 0.1) is 0 Å². The first kappa shape index (κ1) is 22.1. The number of thiocarbonyl (C=S) groups is 2. The van der Waals surface area contributed by atoms with Crippen LogP contribution in [-0.4, -0.2) is 72.4 Å². The third-order valence-corrected chi connectivity index (χ3v) is 5.94. The zero-order valence-corrected chi connectivity index (χ0v) is 18.8. The van der Waals surface area contributed by atoms with Gasteiger partial charge in [0.25, 0.3) is 0 Å². The molecule has 2 heterocycles. The van der Waals surface area contributed by atoms with Crippen molar-refractivity contribution in [2.45, 2.75) is 0 Å². The number of benzene rings is 2. The van der Waals surface area contributed by atoms with E-state index in [4.69, 9.17) is 35.9 Å². The first-order valence-corrected chi connectivity index (χ1v) is 11.0. The highest BCUT2D eigenvalue weighted by Crippen LogP contribution is 2.16. The van der Waals surface area contributed by atoms with Gasteiger partial charge in [-0.15, -0.1) is 0 Å². The molecule has 0 saturated carbocycles. The topological polar surface area (TPSA) is 65.0 Å². The Morgan fingerprint density at radius 2 is 0.833 bits per heavy atom. The van der Waals surface area contributed by atoms with Crippen LogP contribution in [0.3, 0.4) is 0 Å². The fourth-order valence-corrected chi connectivity index (χ4v) is 4.01. The van der Waals surface area contributed by atoms with Gasteiger partial charge in [-0.25, -0.2) is 0 Å². The SMILES string of the molecule is NC(=S)N1CCN(c2ccccc2)CC1.NC(=S)N1CCN(c2ccccc2)CC1. The summed E-state index contributed by atoms with van der Waals surface area (Å²) < 4.78 is 0. The van der Waals surface area contributed by atoms with Crippen molar-refractivity contribution in [3.63, 3.8) is 0 Å². The summed E-state index contributed by atoms with van der Waals surface area (Å²) in [6.07, 6.45) is 0. The molecule has 160 valence electrons. The van der Waals surface area contributed by atoms with Crippen LogP contribution in [-0.2, 0) is 0 Å². The van der Waals surface area contributed by atoms with Gasteiger partial charge < -0.3 is 31.1 Å². The first-order chi connectivity index (χ1) is 14.5. The third kappa shape index (κ3) is 6.21. The standard InChI is InChI=1S/2C11H15N3S/c2*12-11(15)14-8-6-13(7-9-14)10-4-2-1-3-5-10/h2*1-5H,6-9H2,(H2,12,15). The molecule has 0 atom stereocenters. The van der Waals surface area contributed by atoms with Crippen molar-refractivity contribution in [1.82, 2.24) is 9.80 Å². The van der Waals surface area contributed by atoms with Crippen molar-refractivity contribution in [1.29, 1.82) is 0 Å². The summed E-state index contributed by atoms with van der Waals surface area (Å²) in [7, 11) is 0. The summed E-state index contributed by atoms with van der Waals surface area (Å²) in [6.45, 7) is 7.63. The lowest BCUT2D eigenvalue weighted by Gasteiger charge is -2.36. The zero-order valence-electron chi connectivity index (χ0n) is 17.2. The fourth-order valence-electron chi connectivity index (χ4n) is 3.65. The second-order valence-electron chi connectivity index (χ2n) is 7.30. The molecule has 2 fully saturated rings. The number of nitrogens with two attached hydrogens (primary N) is 2. The van der Waals surface area contributed by atoms with Gasteiger partial charge >= 0.3 is 0 Å². The summed E-state index contributed by atoms with van der Waals surface area (Å²) in [6, 6.07) is 20.9. The number of para-hydroxylation sites is 2. The summed E-state index contributed by atoms with van der Waals surface area (Å²) in [4.78, 5) is 8.81. The van der Waals surface area contributed by atoms with Gasteiger partial charge in [-0.1, -0.05) is 36.4 Å². The maximum Gasteiger partial charge on any atom is 0.166 e. The molecule has 0 radical (unpaired) electrons. The van der Waals surface area contributed by atoms with E-state index in [-0.39, 0.29) is 0 Å². The van der Waals surface area contributed by atoms with Gasteiger partial charge in [0.1, 0.15) is 0 Å². The molecule has 2 aliphatic heterocycles. The molecule has 0 aliphatic carbocycles. The molecular weight excluding hydrogens is 412 g/mol. The van der Waals surface area contributed by atoms with E-state index in [1.54, 1.807) is 0 Å². The molecule has 2 saturated heterocycles. The van der Waals surface area contributed by atoms with Crippen molar-refractivity contribution in [2.24, 2.45) is 11.5 Å². The molecule has 2 aliphatic rings. The molecule has 4 rings (SSSR count). The summed E-state index contributed by atoms with van der Waals surface area (Å²) in [5, 5.41) is 1.03. The Balaban J connectivity index is 0.000000171. The number of hydrogen-bond acceptors (Lipinski definition) is 4. The maximum absolute atomic E-state index is 5.59. The number of anilines is 2. The van der Waals surface area contributed by atoms with E-state index in [1.807, 2.05) is 12.1 Å². The molecule has 4 N–H and O–H groups in total. The van der Waals surface area contributed by atoms with Crippen molar-refractivity contribution in [3.05, 3.63) is 60.7 Å². The van der Waals surface area contributed by atoms with E-state index in [1.165, 1.54) is 11.4 Å². The first-order valence-electron chi connectivity index (χ1n) is 10.2. The lowest BCUT2D eigenvalue weighted by atomic mass is 10.2. The smallest absolute Gasteiger partial charge is 0.166 e. The van der Waals surface area contributed by atoms with Crippen molar-refractivity contribution >= 4 is 46.0 Å². The Morgan fingerprint density at radius 3 is 1.10 bits per heavy atom. The summed E-state index contributed by atoms with van der Waals surface area (Å²) in [5.74, 6) is 0. The highest BCUT2D eigenvalue weighted by atomic mass is 32.1. The largest absolute Gasteiger partial charge is 0.376 e. The minimum Gasteiger partial charge on any atom is -0.376 e. The van der Waals surface area contributed by atoms with Crippen LogP contribution in [0.4, 0.5) is 11.4 Å². The molecule has 2 aromatic carbocycles. The normalized spacial score (nSPS) is 16.5. The van der Waals surface area contributed by atoms with E-state index < -0.39 is 0 Å². The lowest BCUT2D eigenvalue weighted by molar-refractivity contribution is 0.388. The quantitative estimate of drug-likeness (QED) is 0.686.